The molecule has 1 fully saturated rings. The summed E-state index contributed by atoms with van der Waals surface area (Å²) < 4.78 is 2.58. The van der Waals surface area contributed by atoms with Crippen LogP contribution in [-0.4, -0.2) is 67.4 Å². The van der Waals surface area contributed by atoms with Gasteiger partial charge in [0.05, 0.1) is 20.9 Å². The van der Waals surface area contributed by atoms with Gasteiger partial charge in [0.1, 0.15) is 6.33 Å². The van der Waals surface area contributed by atoms with Crippen molar-refractivity contribution in [3.05, 3.63) is 34.6 Å². The van der Waals surface area contributed by atoms with E-state index in [1.165, 1.54) is 29.2 Å². The molecule has 1 saturated heterocycles. The number of thioether (sulfide) groups is 1. The number of fused-ring (bicyclic) bond motifs is 1. The number of carbonyl (C=O) groups is 1. The van der Waals surface area contributed by atoms with Gasteiger partial charge in [0, 0.05) is 45.4 Å². The maximum atomic E-state index is 12.4. The second-order valence-electron chi connectivity index (χ2n) is 6.29. The van der Waals surface area contributed by atoms with Crippen molar-refractivity contribution in [1.82, 2.24) is 24.6 Å². The Balaban J connectivity index is 1.36. The molecule has 1 aromatic carbocycles. The number of thiazole rings is 1. The highest BCUT2D eigenvalue weighted by atomic mass is 32.2. The zero-order valence-electron chi connectivity index (χ0n) is 15.0. The van der Waals surface area contributed by atoms with Gasteiger partial charge in [-0.25, -0.2) is 4.98 Å². The van der Waals surface area contributed by atoms with Crippen LogP contribution in [0.3, 0.4) is 0 Å². The van der Waals surface area contributed by atoms with Crippen molar-refractivity contribution in [2.75, 3.05) is 36.8 Å². The number of amides is 1. The summed E-state index contributed by atoms with van der Waals surface area (Å²) in [5, 5.41) is 20.3. The van der Waals surface area contributed by atoms with Crippen LogP contribution in [0.1, 0.15) is 0 Å². The number of aromatic nitrogens is 4. The van der Waals surface area contributed by atoms with Crippen LogP contribution in [0.4, 0.5) is 10.8 Å². The first-order chi connectivity index (χ1) is 13.5. The molecule has 0 N–H and O–H groups in total. The standard InChI is InChI=1S/C16H17N7O3S2/c1-20-10-17-19-16(20)27-9-14(24)21-4-6-22(7-5-21)15-18-12-3-2-11(23(25)26)8-13(12)28-15/h2-3,8,10H,4-7,9H2,1H3. The van der Waals surface area contributed by atoms with E-state index in [4.69, 9.17) is 0 Å². The van der Waals surface area contributed by atoms with Gasteiger partial charge in [-0.3, -0.25) is 14.9 Å². The molecule has 0 aliphatic carbocycles. The molecule has 1 aliphatic heterocycles. The summed E-state index contributed by atoms with van der Waals surface area (Å²) >= 11 is 2.82. The minimum Gasteiger partial charge on any atom is -0.345 e. The average Bonchev–Trinajstić information content (AvgIpc) is 3.31. The fourth-order valence-corrected chi connectivity index (χ4v) is 4.76. The Kier molecular flexibility index (Phi) is 5.13. The van der Waals surface area contributed by atoms with E-state index in [0.29, 0.717) is 31.9 Å². The van der Waals surface area contributed by atoms with Crippen molar-refractivity contribution in [3.63, 3.8) is 0 Å². The highest BCUT2D eigenvalue weighted by Gasteiger charge is 2.24. The third kappa shape index (κ3) is 3.78. The van der Waals surface area contributed by atoms with E-state index in [1.807, 2.05) is 11.9 Å². The Bertz CT molecular complexity index is 1030. The molecule has 4 rings (SSSR count). The number of non-ortho nitro benzene ring substituents is 1. The van der Waals surface area contributed by atoms with Gasteiger partial charge in [0.2, 0.25) is 5.91 Å². The molecule has 0 atom stereocenters. The molecule has 3 heterocycles. The lowest BCUT2D eigenvalue weighted by Gasteiger charge is -2.34. The molecule has 2 aromatic heterocycles. The lowest BCUT2D eigenvalue weighted by molar-refractivity contribution is -0.384. The molecule has 1 amide bonds. The highest BCUT2D eigenvalue weighted by molar-refractivity contribution is 7.99. The maximum absolute atomic E-state index is 12.4. The molecular formula is C16H17N7O3S2. The molecule has 0 radical (unpaired) electrons. The van der Waals surface area contributed by atoms with E-state index in [2.05, 4.69) is 20.1 Å². The van der Waals surface area contributed by atoms with E-state index in [1.54, 1.807) is 23.0 Å². The molecule has 0 spiro atoms. The third-order valence-corrected chi connectivity index (χ3v) is 6.57. The Morgan fingerprint density at radius 1 is 1.32 bits per heavy atom. The Labute approximate surface area is 168 Å². The average molecular weight is 419 g/mol. The predicted octanol–water partition coefficient (Wildman–Crippen LogP) is 1.77. The molecule has 10 nitrogen and oxygen atoms in total. The van der Waals surface area contributed by atoms with Crippen molar-refractivity contribution >= 4 is 50.0 Å². The largest absolute Gasteiger partial charge is 0.345 e. The summed E-state index contributed by atoms with van der Waals surface area (Å²) in [6.07, 6.45) is 1.61. The Morgan fingerprint density at radius 3 is 2.79 bits per heavy atom. The number of hydrogen-bond acceptors (Lipinski definition) is 9. The van der Waals surface area contributed by atoms with Gasteiger partial charge in [0.25, 0.3) is 5.69 Å². The number of rotatable bonds is 5. The van der Waals surface area contributed by atoms with Gasteiger partial charge in [-0.1, -0.05) is 23.1 Å². The highest BCUT2D eigenvalue weighted by Crippen LogP contribution is 2.31. The minimum absolute atomic E-state index is 0.0681. The summed E-state index contributed by atoms with van der Waals surface area (Å²) in [5.74, 6) is 0.407. The first-order valence-electron chi connectivity index (χ1n) is 8.56. The quantitative estimate of drug-likeness (QED) is 0.350. The zero-order valence-corrected chi connectivity index (χ0v) is 16.6. The van der Waals surface area contributed by atoms with Crippen molar-refractivity contribution in [2.45, 2.75) is 5.16 Å². The number of anilines is 1. The maximum Gasteiger partial charge on any atom is 0.270 e. The normalized spacial score (nSPS) is 14.6. The van der Waals surface area contributed by atoms with Gasteiger partial charge in [0.15, 0.2) is 10.3 Å². The van der Waals surface area contributed by atoms with Crippen LogP contribution in [0.25, 0.3) is 10.2 Å². The number of benzene rings is 1. The number of carbonyl (C=O) groups excluding carboxylic acids is 1. The van der Waals surface area contributed by atoms with Crippen LogP contribution in [-0.2, 0) is 11.8 Å². The summed E-state index contributed by atoms with van der Waals surface area (Å²) in [6, 6.07) is 4.70. The SMILES string of the molecule is Cn1cnnc1SCC(=O)N1CCN(c2nc3ccc([N+](=O)[O-])cc3s2)CC1. The van der Waals surface area contributed by atoms with Crippen LogP contribution >= 0.6 is 23.1 Å². The minimum atomic E-state index is -0.401. The van der Waals surface area contributed by atoms with Gasteiger partial charge < -0.3 is 14.4 Å². The lowest BCUT2D eigenvalue weighted by atomic mass is 10.3. The summed E-state index contributed by atoms with van der Waals surface area (Å²) in [5.41, 5.74) is 0.822. The van der Waals surface area contributed by atoms with Crippen molar-refractivity contribution in [1.29, 1.82) is 0 Å². The van der Waals surface area contributed by atoms with E-state index in [9.17, 15) is 14.9 Å². The zero-order chi connectivity index (χ0) is 19.7. The van der Waals surface area contributed by atoms with Gasteiger partial charge >= 0.3 is 0 Å². The molecule has 28 heavy (non-hydrogen) atoms. The number of hydrogen-bond donors (Lipinski definition) is 0. The van der Waals surface area contributed by atoms with Gasteiger partial charge in [-0.2, -0.15) is 0 Å². The second-order valence-corrected chi connectivity index (χ2v) is 8.24. The number of nitro groups is 1. The lowest BCUT2D eigenvalue weighted by Crippen LogP contribution is -2.49. The fourth-order valence-electron chi connectivity index (χ4n) is 2.92. The van der Waals surface area contributed by atoms with Crippen LogP contribution in [0.2, 0.25) is 0 Å². The summed E-state index contributed by atoms with van der Waals surface area (Å²) in [7, 11) is 1.85. The van der Waals surface area contributed by atoms with Gasteiger partial charge in [-0.05, 0) is 6.07 Å². The Morgan fingerprint density at radius 2 is 2.11 bits per heavy atom. The molecule has 146 valence electrons. The molecule has 0 bridgehead atoms. The summed E-state index contributed by atoms with van der Waals surface area (Å²) in [6.45, 7) is 2.60. The van der Waals surface area contributed by atoms with Crippen LogP contribution in [0.5, 0.6) is 0 Å². The summed E-state index contributed by atoms with van der Waals surface area (Å²) in [4.78, 5) is 31.5. The van der Waals surface area contributed by atoms with Crippen LogP contribution in [0, 0.1) is 10.1 Å². The number of aryl methyl sites for hydroxylation is 1. The second kappa shape index (κ2) is 7.72. The van der Waals surface area contributed by atoms with Gasteiger partial charge in [-0.15, -0.1) is 10.2 Å². The molecule has 1 aliphatic rings. The molecular weight excluding hydrogens is 402 g/mol. The molecule has 3 aromatic rings. The van der Waals surface area contributed by atoms with E-state index < -0.39 is 4.92 Å². The van der Waals surface area contributed by atoms with Crippen molar-refractivity contribution in [3.8, 4) is 0 Å². The van der Waals surface area contributed by atoms with Crippen molar-refractivity contribution < 1.29 is 9.72 Å². The van der Waals surface area contributed by atoms with E-state index in [-0.39, 0.29) is 11.6 Å². The number of nitrogens with zero attached hydrogens (tertiary/aromatic N) is 7. The monoisotopic (exact) mass is 419 g/mol. The molecule has 0 saturated carbocycles. The predicted molar refractivity (Wildman–Crippen MR) is 107 cm³/mol. The smallest absolute Gasteiger partial charge is 0.270 e. The first kappa shape index (κ1) is 18.6. The number of nitro benzene ring substituents is 1. The first-order valence-corrected chi connectivity index (χ1v) is 10.4. The van der Waals surface area contributed by atoms with E-state index in [0.717, 1.165) is 20.5 Å². The third-order valence-electron chi connectivity index (χ3n) is 4.47. The number of piperazine rings is 1. The van der Waals surface area contributed by atoms with Crippen LogP contribution in [0.15, 0.2) is 29.7 Å². The Hall–Kier alpha value is -2.73. The fraction of sp³-hybridized carbons (Fsp3) is 0.375. The van der Waals surface area contributed by atoms with E-state index >= 15 is 0 Å². The molecule has 12 heteroatoms. The van der Waals surface area contributed by atoms with Crippen LogP contribution < -0.4 is 4.90 Å². The molecule has 0 unspecified atom stereocenters. The topological polar surface area (TPSA) is 110 Å². The van der Waals surface area contributed by atoms with Crippen molar-refractivity contribution in [2.24, 2.45) is 7.05 Å².